The van der Waals surface area contributed by atoms with E-state index in [4.69, 9.17) is 4.74 Å². The van der Waals surface area contributed by atoms with Crippen molar-refractivity contribution in [2.45, 2.75) is 18.9 Å². The Morgan fingerprint density at radius 1 is 1.33 bits per heavy atom. The zero-order valence-electron chi connectivity index (χ0n) is 8.30. The van der Waals surface area contributed by atoms with Gasteiger partial charge in [0.05, 0.1) is 0 Å². The number of hydrogen-bond donors (Lipinski definition) is 1. The predicted octanol–water partition coefficient (Wildman–Crippen LogP) is 2.10. The van der Waals surface area contributed by atoms with Crippen molar-refractivity contribution in [2.24, 2.45) is 0 Å². The van der Waals surface area contributed by atoms with Crippen molar-refractivity contribution in [1.82, 2.24) is 5.32 Å². The number of ether oxygens (including phenoxy) is 1. The van der Waals surface area contributed by atoms with Crippen LogP contribution in [0.25, 0.3) is 0 Å². The van der Waals surface area contributed by atoms with Crippen LogP contribution >= 0.6 is 0 Å². The van der Waals surface area contributed by atoms with Crippen LogP contribution in [-0.4, -0.2) is 19.2 Å². The molecule has 1 fully saturated rings. The summed E-state index contributed by atoms with van der Waals surface area (Å²) < 4.78 is 31.3. The third-order valence-electron chi connectivity index (χ3n) is 2.44. The Kier molecular flexibility index (Phi) is 3.16. The van der Waals surface area contributed by atoms with Gasteiger partial charge in [0.15, 0.2) is 11.6 Å². The maximum Gasteiger partial charge on any atom is 0.167 e. The third kappa shape index (κ3) is 2.65. The summed E-state index contributed by atoms with van der Waals surface area (Å²) in [5.74, 6) is -1.09. The summed E-state index contributed by atoms with van der Waals surface area (Å²) in [5.41, 5.74) is 0. The fourth-order valence-corrected chi connectivity index (χ4v) is 1.67. The second-order valence-corrected chi connectivity index (χ2v) is 3.66. The fraction of sp³-hybridized carbons (Fsp3) is 0.455. The molecular formula is C11H13F2NO. The zero-order chi connectivity index (χ0) is 10.7. The van der Waals surface area contributed by atoms with Gasteiger partial charge in [-0.15, -0.1) is 0 Å². The molecule has 0 aromatic heterocycles. The fourth-order valence-electron chi connectivity index (χ4n) is 1.67. The molecule has 0 saturated carbocycles. The highest BCUT2D eigenvalue weighted by Gasteiger charge is 2.16. The van der Waals surface area contributed by atoms with E-state index in [1.165, 1.54) is 12.1 Å². The number of halogens is 2. The third-order valence-corrected chi connectivity index (χ3v) is 2.44. The Morgan fingerprint density at radius 3 is 2.87 bits per heavy atom. The van der Waals surface area contributed by atoms with E-state index >= 15 is 0 Å². The minimum Gasteiger partial charge on any atom is -0.486 e. The lowest BCUT2D eigenvalue weighted by atomic mass is 10.1. The molecular weight excluding hydrogens is 200 g/mol. The van der Waals surface area contributed by atoms with Crippen molar-refractivity contribution in [3.63, 3.8) is 0 Å². The van der Waals surface area contributed by atoms with Crippen molar-refractivity contribution in [2.75, 3.05) is 13.1 Å². The smallest absolute Gasteiger partial charge is 0.167 e. The molecule has 0 aliphatic carbocycles. The molecule has 1 aromatic rings. The van der Waals surface area contributed by atoms with Gasteiger partial charge < -0.3 is 10.1 Å². The maximum absolute atomic E-state index is 13.2. The van der Waals surface area contributed by atoms with Crippen LogP contribution in [0.3, 0.4) is 0 Å². The van der Waals surface area contributed by atoms with Crippen LogP contribution < -0.4 is 10.1 Å². The van der Waals surface area contributed by atoms with Crippen molar-refractivity contribution in [3.05, 3.63) is 29.8 Å². The van der Waals surface area contributed by atoms with Crippen LogP contribution in [0.15, 0.2) is 18.2 Å². The molecule has 1 N–H and O–H groups in total. The summed E-state index contributed by atoms with van der Waals surface area (Å²) >= 11 is 0. The number of rotatable bonds is 2. The summed E-state index contributed by atoms with van der Waals surface area (Å²) in [6, 6.07) is 3.37. The lowest BCUT2D eigenvalue weighted by Crippen LogP contribution is -2.37. The van der Waals surface area contributed by atoms with Crippen molar-refractivity contribution in [3.8, 4) is 5.75 Å². The van der Waals surface area contributed by atoms with Crippen LogP contribution in [0, 0.1) is 11.6 Å². The monoisotopic (exact) mass is 213 g/mol. The van der Waals surface area contributed by atoms with E-state index in [1.807, 2.05) is 0 Å². The van der Waals surface area contributed by atoms with Crippen LogP contribution in [-0.2, 0) is 0 Å². The molecule has 1 saturated heterocycles. The van der Waals surface area contributed by atoms with E-state index in [0.717, 1.165) is 32.0 Å². The molecule has 4 heteroatoms. The molecule has 1 unspecified atom stereocenters. The Hall–Kier alpha value is -1.16. The van der Waals surface area contributed by atoms with E-state index in [2.05, 4.69) is 5.32 Å². The van der Waals surface area contributed by atoms with Gasteiger partial charge in [0.2, 0.25) is 0 Å². The van der Waals surface area contributed by atoms with E-state index in [-0.39, 0.29) is 11.9 Å². The average Bonchev–Trinajstić information content (AvgIpc) is 2.24. The summed E-state index contributed by atoms with van der Waals surface area (Å²) in [6.07, 6.45) is 1.91. The largest absolute Gasteiger partial charge is 0.486 e. The van der Waals surface area contributed by atoms with E-state index < -0.39 is 11.6 Å². The highest BCUT2D eigenvalue weighted by Crippen LogP contribution is 2.20. The molecule has 1 heterocycles. The standard InChI is InChI=1S/C11H13F2NO/c12-8-3-4-11(10(13)6-8)15-9-2-1-5-14-7-9/h3-4,6,9,14H,1-2,5,7H2. The maximum atomic E-state index is 13.2. The second-order valence-electron chi connectivity index (χ2n) is 3.66. The SMILES string of the molecule is Fc1ccc(OC2CCCNC2)c(F)c1. The molecule has 2 rings (SSSR count). The average molecular weight is 213 g/mol. The summed E-state index contributed by atoms with van der Waals surface area (Å²) in [7, 11) is 0. The minimum absolute atomic E-state index is 0.0151. The molecule has 82 valence electrons. The Morgan fingerprint density at radius 2 is 2.20 bits per heavy atom. The molecule has 1 aromatic carbocycles. The molecule has 0 bridgehead atoms. The minimum atomic E-state index is -0.638. The zero-order valence-corrected chi connectivity index (χ0v) is 8.30. The predicted molar refractivity (Wildman–Crippen MR) is 52.9 cm³/mol. The molecule has 1 aliphatic heterocycles. The van der Waals surface area contributed by atoms with Gasteiger partial charge in [-0.05, 0) is 31.5 Å². The number of benzene rings is 1. The first kappa shape index (κ1) is 10.4. The number of piperidine rings is 1. The van der Waals surface area contributed by atoms with Crippen molar-refractivity contribution in [1.29, 1.82) is 0 Å². The number of hydrogen-bond acceptors (Lipinski definition) is 2. The van der Waals surface area contributed by atoms with Gasteiger partial charge in [-0.3, -0.25) is 0 Å². The lowest BCUT2D eigenvalue weighted by Gasteiger charge is -2.24. The molecule has 0 amide bonds. The van der Waals surface area contributed by atoms with Gasteiger partial charge >= 0.3 is 0 Å². The van der Waals surface area contributed by atoms with E-state index in [0.29, 0.717) is 0 Å². The van der Waals surface area contributed by atoms with Crippen LogP contribution in [0.1, 0.15) is 12.8 Å². The first-order valence-electron chi connectivity index (χ1n) is 5.08. The van der Waals surface area contributed by atoms with E-state index in [1.54, 1.807) is 0 Å². The molecule has 15 heavy (non-hydrogen) atoms. The van der Waals surface area contributed by atoms with E-state index in [9.17, 15) is 8.78 Å². The normalized spacial score (nSPS) is 21.3. The van der Waals surface area contributed by atoms with Crippen LogP contribution in [0.5, 0.6) is 5.75 Å². The first-order valence-corrected chi connectivity index (χ1v) is 5.08. The highest BCUT2D eigenvalue weighted by molar-refractivity contribution is 5.25. The van der Waals surface area contributed by atoms with Gasteiger partial charge in [-0.2, -0.15) is 0 Å². The van der Waals surface area contributed by atoms with Gasteiger partial charge in [-0.25, -0.2) is 8.78 Å². The molecule has 0 spiro atoms. The first-order chi connectivity index (χ1) is 7.25. The Labute approximate surface area is 87.2 Å². The number of nitrogens with one attached hydrogen (secondary N) is 1. The van der Waals surface area contributed by atoms with Crippen molar-refractivity contribution < 1.29 is 13.5 Å². The molecule has 1 aliphatic rings. The van der Waals surface area contributed by atoms with Gasteiger partial charge in [0.1, 0.15) is 11.9 Å². The van der Waals surface area contributed by atoms with Crippen LogP contribution in [0.2, 0.25) is 0 Å². The summed E-state index contributed by atoms with van der Waals surface area (Å²) in [5, 5.41) is 3.16. The summed E-state index contributed by atoms with van der Waals surface area (Å²) in [4.78, 5) is 0. The highest BCUT2D eigenvalue weighted by atomic mass is 19.1. The van der Waals surface area contributed by atoms with Crippen molar-refractivity contribution >= 4 is 0 Å². The van der Waals surface area contributed by atoms with Gasteiger partial charge in [0.25, 0.3) is 0 Å². The quantitative estimate of drug-likeness (QED) is 0.812. The lowest BCUT2D eigenvalue weighted by molar-refractivity contribution is 0.160. The molecule has 0 radical (unpaired) electrons. The molecule has 1 atom stereocenters. The molecule has 2 nitrogen and oxygen atoms in total. The summed E-state index contributed by atoms with van der Waals surface area (Å²) in [6.45, 7) is 1.70. The Bertz CT molecular complexity index is 337. The van der Waals surface area contributed by atoms with Gasteiger partial charge in [0, 0.05) is 12.6 Å². The second kappa shape index (κ2) is 4.57. The topological polar surface area (TPSA) is 21.3 Å². The van der Waals surface area contributed by atoms with Gasteiger partial charge in [-0.1, -0.05) is 0 Å². The van der Waals surface area contributed by atoms with Crippen LogP contribution in [0.4, 0.5) is 8.78 Å². The Balaban J connectivity index is 2.03.